The van der Waals surface area contributed by atoms with Crippen molar-refractivity contribution >= 4 is 28.6 Å². The van der Waals surface area contributed by atoms with Gasteiger partial charge in [-0.3, -0.25) is 4.57 Å². The molecule has 0 spiro atoms. The molecule has 4 nitrogen and oxygen atoms in total. The molecule has 0 radical (unpaired) electrons. The van der Waals surface area contributed by atoms with Gasteiger partial charge in [0.1, 0.15) is 5.75 Å². The molecule has 3 aromatic rings. The van der Waals surface area contributed by atoms with Crippen molar-refractivity contribution < 1.29 is 4.74 Å². The van der Waals surface area contributed by atoms with E-state index in [-0.39, 0.29) is 0 Å². The van der Waals surface area contributed by atoms with Crippen LogP contribution in [0.2, 0.25) is 5.02 Å². The summed E-state index contributed by atoms with van der Waals surface area (Å²) in [4.78, 5) is 4.40. The zero-order chi connectivity index (χ0) is 14.3. The highest BCUT2D eigenvalue weighted by Gasteiger charge is 2.14. The van der Waals surface area contributed by atoms with Crippen LogP contribution in [0.5, 0.6) is 5.75 Å². The second-order valence-electron chi connectivity index (χ2n) is 4.61. The number of aryl methyl sites for hydroxylation is 1. The largest absolute Gasteiger partial charge is 0.495 e. The van der Waals surface area contributed by atoms with E-state index in [9.17, 15) is 0 Å². The summed E-state index contributed by atoms with van der Waals surface area (Å²) < 4.78 is 7.24. The molecule has 0 amide bonds. The van der Waals surface area contributed by atoms with Gasteiger partial charge in [0.15, 0.2) is 0 Å². The predicted molar refractivity (Wildman–Crippen MR) is 81.8 cm³/mol. The Morgan fingerprint density at radius 2 is 2.00 bits per heavy atom. The molecule has 1 heterocycles. The zero-order valence-corrected chi connectivity index (χ0v) is 12.0. The molecular formula is C15H14ClN3O. The van der Waals surface area contributed by atoms with Gasteiger partial charge < -0.3 is 10.5 Å². The second kappa shape index (κ2) is 4.72. The Kier molecular flexibility index (Phi) is 3.03. The Morgan fingerprint density at radius 1 is 1.20 bits per heavy atom. The Bertz CT molecular complexity index is 795. The Hall–Kier alpha value is -2.20. The van der Waals surface area contributed by atoms with Crippen LogP contribution in [0.1, 0.15) is 5.56 Å². The first-order chi connectivity index (χ1) is 9.60. The monoisotopic (exact) mass is 287 g/mol. The third kappa shape index (κ3) is 1.98. The number of rotatable bonds is 2. The average molecular weight is 288 g/mol. The molecule has 0 saturated carbocycles. The van der Waals surface area contributed by atoms with Crippen LogP contribution in [0.4, 0.5) is 5.95 Å². The molecule has 3 rings (SSSR count). The number of nitrogens with two attached hydrogens (primary N) is 1. The van der Waals surface area contributed by atoms with Gasteiger partial charge in [0, 0.05) is 5.02 Å². The van der Waals surface area contributed by atoms with Crippen LogP contribution in [0.3, 0.4) is 0 Å². The summed E-state index contributed by atoms with van der Waals surface area (Å²) in [5.74, 6) is 1.10. The van der Waals surface area contributed by atoms with E-state index in [1.165, 1.54) is 0 Å². The molecule has 0 saturated heterocycles. The SMILES string of the molecule is COc1ccc(Cl)cc1-n1c(N)nc2cc(C)ccc21. The van der Waals surface area contributed by atoms with Crippen LogP contribution < -0.4 is 10.5 Å². The normalized spacial score (nSPS) is 10.9. The van der Waals surface area contributed by atoms with Crippen molar-refractivity contribution in [1.82, 2.24) is 9.55 Å². The van der Waals surface area contributed by atoms with E-state index in [2.05, 4.69) is 4.98 Å². The number of imidazole rings is 1. The smallest absolute Gasteiger partial charge is 0.206 e. The lowest BCUT2D eigenvalue weighted by Crippen LogP contribution is -2.02. The number of hydrogen-bond acceptors (Lipinski definition) is 3. The van der Waals surface area contributed by atoms with Gasteiger partial charge in [0.25, 0.3) is 0 Å². The molecule has 0 atom stereocenters. The van der Waals surface area contributed by atoms with Gasteiger partial charge in [-0.15, -0.1) is 0 Å². The summed E-state index contributed by atoms with van der Waals surface area (Å²) in [7, 11) is 1.62. The highest BCUT2D eigenvalue weighted by atomic mass is 35.5. The number of hydrogen-bond donors (Lipinski definition) is 1. The summed E-state index contributed by atoms with van der Waals surface area (Å²) in [6.07, 6.45) is 0. The minimum atomic E-state index is 0.408. The lowest BCUT2D eigenvalue weighted by Gasteiger charge is -2.12. The number of nitrogen functional groups attached to an aromatic ring is 1. The third-order valence-corrected chi connectivity index (χ3v) is 3.45. The van der Waals surface area contributed by atoms with Crippen LogP contribution in [0, 0.1) is 6.92 Å². The highest BCUT2D eigenvalue weighted by Crippen LogP contribution is 2.31. The summed E-state index contributed by atoms with van der Waals surface area (Å²) in [6, 6.07) is 11.4. The molecule has 2 aromatic carbocycles. The number of nitrogens with zero attached hydrogens (tertiary/aromatic N) is 2. The number of methoxy groups -OCH3 is 1. The lowest BCUT2D eigenvalue weighted by atomic mass is 10.2. The van der Waals surface area contributed by atoms with E-state index in [1.54, 1.807) is 13.2 Å². The third-order valence-electron chi connectivity index (χ3n) is 3.22. The van der Waals surface area contributed by atoms with Crippen LogP contribution in [0.15, 0.2) is 36.4 Å². The maximum Gasteiger partial charge on any atom is 0.206 e. The Balaban J connectivity index is 2.34. The predicted octanol–water partition coefficient (Wildman–Crippen LogP) is 3.58. The van der Waals surface area contributed by atoms with Gasteiger partial charge in [0.05, 0.1) is 23.8 Å². The average Bonchev–Trinajstić information content (AvgIpc) is 2.73. The van der Waals surface area contributed by atoms with Crippen LogP contribution in [-0.2, 0) is 0 Å². The highest BCUT2D eigenvalue weighted by molar-refractivity contribution is 6.30. The first kappa shape index (κ1) is 12.8. The number of halogens is 1. The molecule has 0 unspecified atom stereocenters. The fourth-order valence-electron chi connectivity index (χ4n) is 2.30. The molecule has 0 aliphatic heterocycles. The first-order valence-electron chi connectivity index (χ1n) is 6.18. The number of anilines is 1. The maximum atomic E-state index is 6.09. The van der Waals surface area contributed by atoms with Crippen molar-refractivity contribution in [3.63, 3.8) is 0 Å². The van der Waals surface area contributed by atoms with Crippen molar-refractivity contribution in [3.8, 4) is 11.4 Å². The van der Waals surface area contributed by atoms with Gasteiger partial charge in [-0.1, -0.05) is 17.7 Å². The van der Waals surface area contributed by atoms with Crippen molar-refractivity contribution in [2.45, 2.75) is 6.92 Å². The van der Waals surface area contributed by atoms with Crippen molar-refractivity contribution in [3.05, 3.63) is 47.0 Å². The number of aromatic nitrogens is 2. The van der Waals surface area contributed by atoms with E-state index in [0.717, 1.165) is 22.3 Å². The molecule has 0 aliphatic carbocycles. The molecule has 2 N–H and O–H groups in total. The molecule has 0 fully saturated rings. The summed E-state index contributed by atoms with van der Waals surface area (Å²) in [5, 5.41) is 0.620. The summed E-state index contributed by atoms with van der Waals surface area (Å²) in [5.41, 5.74) is 9.76. The topological polar surface area (TPSA) is 53.1 Å². The van der Waals surface area contributed by atoms with Gasteiger partial charge in [0.2, 0.25) is 5.95 Å². The molecule has 5 heteroatoms. The standard InChI is InChI=1S/C15H14ClN3O/c1-9-3-5-12-11(7-9)18-15(17)19(12)13-8-10(16)4-6-14(13)20-2/h3-8H,1-2H3,(H2,17,18). The van der Waals surface area contributed by atoms with Crippen molar-refractivity contribution in [1.29, 1.82) is 0 Å². The van der Waals surface area contributed by atoms with Crippen LogP contribution in [0.25, 0.3) is 16.7 Å². The Morgan fingerprint density at radius 3 is 2.75 bits per heavy atom. The molecule has 20 heavy (non-hydrogen) atoms. The second-order valence-corrected chi connectivity index (χ2v) is 5.05. The molecule has 1 aromatic heterocycles. The molecule has 0 aliphatic rings. The number of benzene rings is 2. The van der Waals surface area contributed by atoms with Crippen LogP contribution in [-0.4, -0.2) is 16.7 Å². The first-order valence-corrected chi connectivity index (χ1v) is 6.56. The van der Waals surface area contributed by atoms with Gasteiger partial charge in [-0.25, -0.2) is 4.98 Å². The quantitative estimate of drug-likeness (QED) is 0.784. The minimum absolute atomic E-state index is 0.408. The maximum absolute atomic E-state index is 6.09. The van der Waals surface area contributed by atoms with E-state index in [4.69, 9.17) is 22.1 Å². The Labute approximate surface area is 121 Å². The molecule has 102 valence electrons. The molecule has 0 bridgehead atoms. The van der Waals surface area contributed by atoms with Crippen molar-refractivity contribution in [2.24, 2.45) is 0 Å². The lowest BCUT2D eigenvalue weighted by molar-refractivity contribution is 0.413. The van der Waals surface area contributed by atoms with E-state index >= 15 is 0 Å². The van der Waals surface area contributed by atoms with Gasteiger partial charge >= 0.3 is 0 Å². The number of ether oxygens (including phenoxy) is 1. The molecular weight excluding hydrogens is 274 g/mol. The van der Waals surface area contributed by atoms with Crippen LogP contribution >= 0.6 is 11.6 Å². The fraction of sp³-hybridized carbons (Fsp3) is 0.133. The van der Waals surface area contributed by atoms with Gasteiger partial charge in [-0.05, 0) is 42.8 Å². The zero-order valence-electron chi connectivity index (χ0n) is 11.2. The minimum Gasteiger partial charge on any atom is -0.495 e. The van der Waals surface area contributed by atoms with Gasteiger partial charge in [-0.2, -0.15) is 0 Å². The van der Waals surface area contributed by atoms with E-state index < -0.39 is 0 Å². The van der Waals surface area contributed by atoms with E-state index in [0.29, 0.717) is 16.7 Å². The number of fused-ring (bicyclic) bond motifs is 1. The van der Waals surface area contributed by atoms with E-state index in [1.807, 2.05) is 41.8 Å². The summed E-state index contributed by atoms with van der Waals surface area (Å²) in [6.45, 7) is 2.02. The van der Waals surface area contributed by atoms with Crippen molar-refractivity contribution in [2.75, 3.05) is 12.8 Å². The fourth-order valence-corrected chi connectivity index (χ4v) is 2.47. The summed E-state index contributed by atoms with van der Waals surface area (Å²) >= 11 is 6.09.